The van der Waals surface area contributed by atoms with E-state index < -0.39 is 6.10 Å². The molecule has 0 amide bonds. The van der Waals surface area contributed by atoms with E-state index in [1.54, 1.807) is 0 Å². The molecule has 0 aromatic rings. The van der Waals surface area contributed by atoms with Crippen molar-refractivity contribution in [2.45, 2.75) is 195 Å². The molecule has 0 rings (SSSR count). The van der Waals surface area contributed by atoms with E-state index in [1.807, 2.05) is 0 Å². The fraction of sp³-hybridized carbons (Fsp3) is 0.919. The summed E-state index contributed by atoms with van der Waals surface area (Å²) in [5, 5.41) is 0. The summed E-state index contributed by atoms with van der Waals surface area (Å²) in [5.41, 5.74) is 0. The highest BCUT2D eigenvalue weighted by Crippen LogP contribution is 2.15. The number of esters is 3. The first-order chi connectivity index (χ1) is 20.7. The van der Waals surface area contributed by atoms with Crippen molar-refractivity contribution in [2.24, 2.45) is 11.8 Å². The fourth-order valence-corrected chi connectivity index (χ4v) is 5.16. The summed E-state index contributed by atoms with van der Waals surface area (Å²) in [4.78, 5) is 37.1. The van der Waals surface area contributed by atoms with Gasteiger partial charge in [-0.3, -0.25) is 14.4 Å². The van der Waals surface area contributed by atoms with Crippen molar-refractivity contribution in [3.63, 3.8) is 0 Å². The van der Waals surface area contributed by atoms with Gasteiger partial charge in [-0.05, 0) is 31.1 Å². The number of unbranched alkanes of at least 4 members (excludes halogenated alkanes) is 16. The van der Waals surface area contributed by atoms with Crippen LogP contribution in [0.25, 0.3) is 0 Å². The Morgan fingerprint density at radius 3 is 1.14 bits per heavy atom. The second-order valence-electron chi connectivity index (χ2n) is 13.5. The highest BCUT2D eigenvalue weighted by atomic mass is 16.6. The molecule has 0 spiro atoms. The lowest BCUT2D eigenvalue weighted by Gasteiger charge is -2.18. The molecule has 6 heteroatoms. The molecule has 0 bridgehead atoms. The average molecular weight is 611 g/mol. The minimum atomic E-state index is -0.757. The maximum Gasteiger partial charge on any atom is 0.306 e. The molecule has 0 aromatic heterocycles. The minimum absolute atomic E-state index is 0.0690. The highest BCUT2D eigenvalue weighted by Gasteiger charge is 2.19. The van der Waals surface area contributed by atoms with Gasteiger partial charge in [-0.15, -0.1) is 0 Å². The van der Waals surface area contributed by atoms with Gasteiger partial charge in [-0.25, -0.2) is 0 Å². The van der Waals surface area contributed by atoms with Crippen LogP contribution in [0, 0.1) is 11.8 Å². The molecule has 43 heavy (non-hydrogen) atoms. The van der Waals surface area contributed by atoms with Crippen molar-refractivity contribution < 1.29 is 28.6 Å². The lowest BCUT2D eigenvalue weighted by Crippen LogP contribution is -2.30. The van der Waals surface area contributed by atoms with E-state index in [9.17, 15) is 14.4 Å². The average Bonchev–Trinajstić information content (AvgIpc) is 2.96. The lowest BCUT2D eigenvalue weighted by molar-refractivity contribution is -0.167. The molecule has 0 N–H and O–H groups in total. The van der Waals surface area contributed by atoms with Crippen LogP contribution < -0.4 is 0 Å². The van der Waals surface area contributed by atoms with Crippen LogP contribution in [0.1, 0.15) is 189 Å². The van der Waals surface area contributed by atoms with Crippen molar-refractivity contribution in [3.8, 4) is 0 Å². The summed E-state index contributed by atoms with van der Waals surface area (Å²) >= 11 is 0. The summed E-state index contributed by atoms with van der Waals surface area (Å²) in [6, 6.07) is 0. The standard InChI is InChI=1S/C37H70O6/c1-6-7-8-15-24-29-37(40)43-34(31-42-36(39)28-23-19-14-13-17-21-26-33(4)5)30-41-35(38)27-22-18-12-10-9-11-16-20-25-32(2)3/h32-34H,6-31H2,1-5H3/t34-/m0/s1. The van der Waals surface area contributed by atoms with Crippen molar-refractivity contribution >= 4 is 17.9 Å². The van der Waals surface area contributed by atoms with Crippen molar-refractivity contribution in [3.05, 3.63) is 0 Å². The van der Waals surface area contributed by atoms with Crippen LogP contribution in [0.4, 0.5) is 0 Å². The lowest BCUT2D eigenvalue weighted by atomic mass is 10.0. The van der Waals surface area contributed by atoms with Gasteiger partial charge in [0.2, 0.25) is 0 Å². The second-order valence-corrected chi connectivity index (χ2v) is 13.5. The molecule has 0 aliphatic rings. The Balaban J connectivity index is 4.27. The first-order valence-corrected chi connectivity index (χ1v) is 18.2. The minimum Gasteiger partial charge on any atom is -0.462 e. The maximum atomic E-state index is 12.4. The third-order valence-electron chi connectivity index (χ3n) is 7.97. The van der Waals surface area contributed by atoms with E-state index in [0.29, 0.717) is 19.3 Å². The summed E-state index contributed by atoms with van der Waals surface area (Å²) in [6.07, 6.45) is 24.2. The van der Waals surface area contributed by atoms with Crippen molar-refractivity contribution in [2.75, 3.05) is 13.2 Å². The summed E-state index contributed by atoms with van der Waals surface area (Å²) in [7, 11) is 0. The number of carbonyl (C=O) groups excluding carboxylic acids is 3. The normalized spacial score (nSPS) is 12.1. The van der Waals surface area contributed by atoms with Crippen LogP contribution in [0.2, 0.25) is 0 Å². The van der Waals surface area contributed by atoms with Crippen LogP contribution in [0.3, 0.4) is 0 Å². The van der Waals surface area contributed by atoms with E-state index in [0.717, 1.165) is 76.0 Å². The van der Waals surface area contributed by atoms with E-state index in [4.69, 9.17) is 14.2 Å². The molecular formula is C37H70O6. The molecule has 6 nitrogen and oxygen atoms in total. The highest BCUT2D eigenvalue weighted by molar-refractivity contribution is 5.71. The Bertz CT molecular complexity index is 659. The first-order valence-electron chi connectivity index (χ1n) is 18.2. The Kier molecular flexibility index (Phi) is 29.3. The molecule has 0 radical (unpaired) electrons. The number of carbonyl (C=O) groups is 3. The SMILES string of the molecule is CCCCCCCC(=O)O[C@@H](COC(=O)CCCCCCCCCCC(C)C)COC(=O)CCCCCCCCC(C)C. The monoisotopic (exact) mass is 611 g/mol. The van der Waals surface area contributed by atoms with Gasteiger partial charge in [0.1, 0.15) is 13.2 Å². The summed E-state index contributed by atoms with van der Waals surface area (Å²) < 4.78 is 16.4. The summed E-state index contributed by atoms with van der Waals surface area (Å²) in [5.74, 6) is 0.670. The van der Waals surface area contributed by atoms with Crippen LogP contribution in [-0.4, -0.2) is 37.2 Å². The van der Waals surface area contributed by atoms with E-state index in [1.165, 1.54) is 70.6 Å². The zero-order valence-electron chi connectivity index (χ0n) is 29.1. The molecule has 0 aliphatic heterocycles. The molecule has 0 aliphatic carbocycles. The molecule has 0 heterocycles. The largest absolute Gasteiger partial charge is 0.462 e. The van der Waals surface area contributed by atoms with Gasteiger partial charge >= 0.3 is 17.9 Å². The van der Waals surface area contributed by atoms with Gasteiger partial charge < -0.3 is 14.2 Å². The van der Waals surface area contributed by atoms with E-state index in [-0.39, 0.29) is 31.1 Å². The smallest absolute Gasteiger partial charge is 0.306 e. The Morgan fingerprint density at radius 2 is 0.767 bits per heavy atom. The zero-order valence-corrected chi connectivity index (χ0v) is 29.1. The van der Waals surface area contributed by atoms with Crippen LogP contribution >= 0.6 is 0 Å². The molecule has 0 unspecified atom stereocenters. The maximum absolute atomic E-state index is 12.4. The number of hydrogen-bond donors (Lipinski definition) is 0. The third-order valence-corrected chi connectivity index (χ3v) is 7.97. The fourth-order valence-electron chi connectivity index (χ4n) is 5.16. The van der Waals surface area contributed by atoms with Crippen LogP contribution in [0.5, 0.6) is 0 Å². The molecule has 1 atom stereocenters. The molecular weight excluding hydrogens is 540 g/mol. The van der Waals surface area contributed by atoms with Gasteiger partial charge in [0, 0.05) is 19.3 Å². The van der Waals surface area contributed by atoms with Gasteiger partial charge in [-0.2, -0.15) is 0 Å². The van der Waals surface area contributed by atoms with Gasteiger partial charge in [-0.1, -0.05) is 150 Å². The van der Waals surface area contributed by atoms with E-state index >= 15 is 0 Å². The quantitative estimate of drug-likeness (QED) is 0.0441. The first kappa shape index (κ1) is 41.4. The molecule has 0 fully saturated rings. The van der Waals surface area contributed by atoms with E-state index in [2.05, 4.69) is 34.6 Å². The van der Waals surface area contributed by atoms with Crippen molar-refractivity contribution in [1.29, 1.82) is 0 Å². The second kappa shape index (κ2) is 30.4. The van der Waals surface area contributed by atoms with Gasteiger partial charge in [0.15, 0.2) is 6.10 Å². The molecule has 0 saturated carbocycles. The topological polar surface area (TPSA) is 78.9 Å². The third kappa shape index (κ3) is 31.6. The molecule has 0 aromatic carbocycles. The van der Waals surface area contributed by atoms with Crippen LogP contribution in [0.15, 0.2) is 0 Å². The van der Waals surface area contributed by atoms with Crippen molar-refractivity contribution in [1.82, 2.24) is 0 Å². The number of rotatable bonds is 31. The van der Waals surface area contributed by atoms with Gasteiger partial charge in [0.25, 0.3) is 0 Å². The Labute approximate surface area is 266 Å². The molecule has 254 valence electrons. The zero-order chi connectivity index (χ0) is 32.0. The predicted octanol–water partition coefficient (Wildman–Crippen LogP) is 10.7. The summed E-state index contributed by atoms with van der Waals surface area (Å²) in [6.45, 7) is 11.1. The Morgan fingerprint density at radius 1 is 0.442 bits per heavy atom. The van der Waals surface area contributed by atoms with Gasteiger partial charge in [0.05, 0.1) is 0 Å². The van der Waals surface area contributed by atoms with Crippen LogP contribution in [-0.2, 0) is 28.6 Å². The number of ether oxygens (including phenoxy) is 3. The Hall–Kier alpha value is -1.59. The predicted molar refractivity (Wildman–Crippen MR) is 178 cm³/mol. The number of hydrogen-bond acceptors (Lipinski definition) is 6. The molecule has 0 saturated heterocycles.